The Bertz CT molecular complexity index is 838. The molecule has 4 aliphatic rings. The maximum atomic E-state index is 12.8. The van der Waals surface area contributed by atoms with Gasteiger partial charge in [0.15, 0.2) is 0 Å². The average molecular weight is 338 g/mol. The second kappa shape index (κ2) is 4.02. The van der Waals surface area contributed by atoms with Crippen LogP contribution in [-0.2, 0) is 19.7 Å². The fourth-order valence-corrected chi connectivity index (χ4v) is 7.59. The maximum Gasteiger partial charge on any atom is 0.311 e. The summed E-state index contributed by atoms with van der Waals surface area (Å²) in [5, 5.41) is 3.81. The summed E-state index contributed by atoms with van der Waals surface area (Å²) in [7, 11) is 1.49. The fraction of sp³-hybridized carbons (Fsp3) is 0.600. The van der Waals surface area contributed by atoms with Gasteiger partial charge in [0.2, 0.25) is 5.91 Å². The summed E-state index contributed by atoms with van der Waals surface area (Å²) in [6, 6.07) is 8.73. The Morgan fingerprint density at radius 1 is 1.28 bits per heavy atom. The first-order valence-electron chi connectivity index (χ1n) is 9.33. The van der Waals surface area contributed by atoms with Gasteiger partial charge in [-0.3, -0.25) is 9.59 Å². The van der Waals surface area contributed by atoms with Crippen molar-refractivity contribution in [1.82, 2.24) is 4.90 Å². The van der Waals surface area contributed by atoms with Crippen molar-refractivity contribution in [1.29, 1.82) is 0 Å². The number of para-hydroxylation sites is 1. The van der Waals surface area contributed by atoms with E-state index in [1.165, 1.54) is 12.7 Å². The molecule has 0 radical (unpaired) electrons. The van der Waals surface area contributed by atoms with E-state index in [0.29, 0.717) is 6.42 Å². The molecule has 0 aromatic heterocycles. The Morgan fingerprint density at radius 2 is 2.12 bits per heavy atom. The highest BCUT2D eigenvalue weighted by molar-refractivity contribution is 5.87. The number of benzene rings is 1. The summed E-state index contributed by atoms with van der Waals surface area (Å²) >= 11 is 0. The van der Waals surface area contributed by atoms with E-state index >= 15 is 0 Å². The first-order valence-corrected chi connectivity index (χ1v) is 9.33. The molecule has 5 heteroatoms. The molecule has 3 heterocycles. The fourth-order valence-electron chi connectivity index (χ4n) is 7.59. The molecule has 1 amide bonds. The molecule has 1 aliphatic carbocycles. The van der Waals surface area contributed by atoms with Crippen LogP contribution < -0.4 is 5.32 Å². The van der Waals surface area contributed by atoms with Crippen molar-refractivity contribution in [3.63, 3.8) is 0 Å². The predicted molar refractivity (Wildman–Crippen MR) is 91.0 cm³/mol. The Kier molecular flexibility index (Phi) is 2.28. The number of rotatable bonds is 1. The van der Waals surface area contributed by atoms with Crippen LogP contribution >= 0.6 is 0 Å². The van der Waals surface area contributed by atoms with Gasteiger partial charge in [0.05, 0.1) is 18.6 Å². The van der Waals surface area contributed by atoms with Crippen LogP contribution in [0.25, 0.3) is 0 Å². The zero-order valence-electron chi connectivity index (χ0n) is 14.4. The molecule has 3 aliphatic heterocycles. The number of nitrogens with one attached hydrogen (secondary N) is 1. The van der Waals surface area contributed by atoms with Gasteiger partial charge in [-0.1, -0.05) is 18.2 Å². The maximum absolute atomic E-state index is 12.8. The van der Waals surface area contributed by atoms with Crippen molar-refractivity contribution in [3.05, 3.63) is 29.8 Å². The van der Waals surface area contributed by atoms with Gasteiger partial charge >= 0.3 is 5.97 Å². The van der Waals surface area contributed by atoms with Crippen molar-refractivity contribution in [2.24, 2.45) is 11.3 Å². The number of hydrogen-bond donors (Lipinski definition) is 1. The first-order chi connectivity index (χ1) is 12.1. The lowest BCUT2D eigenvalue weighted by molar-refractivity contribution is -0.161. The molecule has 3 fully saturated rings. The second-order valence-corrected chi connectivity index (χ2v) is 8.67. The molecular weight excluding hydrogens is 316 g/mol. The van der Waals surface area contributed by atoms with Gasteiger partial charge in [-0.15, -0.1) is 0 Å². The van der Waals surface area contributed by atoms with E-state index in [9.17, 15) is 9.59 Å². The number of amides is 1. The van der Waals surface area contributed by atoms with Gasteiger partial charge in [-0.05, 0) is 37.3 Å². The molecule has 3 spiro atoms. The Hall–Kier alpha value is -2.04. The van der Waals surface area contributed by atoms with E-state index in [4.69, 9.17) is 4.74 Å². The number of anilines is 1. The largest absolute Gasteiger partial charge is 0.469 e. The highest BCUT2D eigenvalue weighted by Crippen LogP contribution is 2.75. The van der Waals surface area contributed by atoms with Crippen molar-refractivity contribution >= 4 is 17.6 Å². The van der Waals surface area contributed by atoms with Gasteiger partial charge in [0, 0.05) is 35.5 Å². The van der Waals surface area contributed by atoms with Crippen molar-refractivity contribution in [2.45, 2.75) is 49.1 Å². The summed E-state index contributed by atoms with van der Waals surface area (Å²) in [6.07, 6.45) is 4.29. The van der Waals surface area contributed by atoms with Crippen LogP contribution in [-0.4, -0.2) is 42.0 Å². The Morgan fingerprint density at radius 3 is 2.96 bits per heavy atom. The highest BCUT2D eigenvalue weighted by atomic mass is 16.5. The van der Waals surface area contributed by atoms with E-state index in [0.717, 1.165) is 37.9 Å². The molecule has 0 bridgehead atoms. The molecular formula is C20H22N2O3. The number of hydrogen-bond acceptors (Lipinski definition) is 4. The molecule has 1 aromatic carbocycles. The number of carbonyl (C=O) groups excluding carboxylic acids is 2. The van der Waals surface area contributed by atoms with E-state index in [2.05, 4.69) is 34.5 Å². The van der Waals surface area contributed by atoms with Crippen molar-refractivity contribution in [2.75, 3.05) is 19.0 Å². The third-order valence-electron chi connectivity index (χ3n) is 8.20. The van der Waals surface area contributed by atoms with E-state index < -0.39 is 0 Å². The number of ether oxygens (including phenoxy) is 1. The molecule has 25 heavy (non-hydrogen) atoms. The van der Waals surface area contributed by atoms with Gasteiger partial charge in [0.25, 0.3) is 0 Å². The van der Waals surface area contributed by atoms with Crippen LogP contribution in [0.15, 0.2) is 24.3 Å². The zero-order chi connectivity index (χ0) is 17.0. The molecule has 1 aromatic rings. The molecule has 2 saturated heterocycles. The summed E-state index contributed by atoms with van der Waals surface area (Å²) in [5.74, 6) is -0.0108. The molecule has 1 saturated carbocycles. The summed E-state index contributed by atoms with van der Waals surface area (Å²) in [4.78, 5) is 27.8. The van der Waals surface area contributed by atoms with Crippen LogP contribution in [0.3, 0.4) is 0 Å². The number of fused-ring (bicyclic) bond motifs is 6. The van der Waals surface area contributed by atoms with Crippen LogP contribution in [0.2, 0.25) is 0 Å². The van der Waals surface area contributed by atoms with Crippen LogP contribution in [0.1, 0.15) is 37.7 Å². The van der Waals surface area contributed by atoms with Gasteiger partial charge < -0.3 is 15.0 Å². The minimum Gasteiger partial charge on any atom is -0.469 e. The van der Waals surface area contributed by atoms with Gasteiger partial charge in [-0.25, -0.2) is 0 Å². The molecule has 130 valence electrons. The lowest BCUT2D eigenvalue weighted by atomic mass is 9.40. The monoisotopic (exact) mass is 338 g/mol. The van der Waals surface area contributed by atoms with Gasteiger partial charge in [-0.2, -0.15) is 0 Å². The van der Waals surface area contributed by atoms with Crippen LogP contribution in [0, 0.1) is 11.3 Å². The summed E-state index contributed by atoms with van der Waals surface area (Å²) < 4.78 is 5.24. The quantitative estimate of drug-likeness (QED) is 0.797. The zero-order valence-corrected chi connectivity index (χ0v) is 14.4. The van der Waals surface area contributed by atoms with E-state index in [1.54, 1.807) is 0 Å². The standard InChI is InChI=1S/C20H22N2O3/c1-25-16(24)13-10-18-6-7-20(13)19(12-4-2-3-5-14(12)21-20)8-9-22(17(18)19)15(23)11-18/h2-5,13,17,21H,6-11H2,1H3/t13-,17-,18?,19+,20?/m0/s1. The number of nitrogens with zero attached hydrogens (tertiary/aromatic N) is 1. The third kappa shape index (κ3) is 1.24. The smallest absolute Gasteiger partial charge is 0.311 e. The number of esters is 1. The Labute approximate surface area is 146 Å². The Balaban J connectivity index is 1.67. The third-order valence-corrected chi connectivity index (χ3v) is 8.20. The first kappa shape index (κ1) is 14.2. The van der Waals surface area contributed by atoms with Crippen molar-refractivity contribution < 1.29 is 14.3 Å². The van der Waals surface area contributed by atoms with Crippen molar-refractivity contribution in [3.8, 4) is 0 Å². The molecule has 5 nitrogen and oxygen atoms in total. The SMILES string of the molecule is COC(=O)[C@@H]1CC23CCC14Nc1ccccc1[C@@]41CCN(C(=O)C2)[C@@H]31. The average Bonchev–Trinajstić information content (AvgIpc) is 3.26. The molecule has 5 atom stereocenters. The van der Waals surface area contributed by atoms with Crippen LogP contribution in [0.4, 0.5) is 5.69 Å². The number of methoxy groups -OCH3 is 1. The van der Waals surface area contributed by atoms with Gasteiger partial charge in [0.1, 0.15) is 0 Å². The molecule has 1 N–H and O–H groups in total. The van der Waals surface area contributed by atoms with Crippen LogP contribution in [0.5, 0.6) is 0 Å². The lowest BCUT2D eigenvalue weighted by Crippen LogP contribution is -2.74. The summed E-state index contributed by atoms with van der Waals surface area (Å²) in [6.45, 7) is 0.816. The summed E-state index contributed by atoms with van der Waals surface area (Å²) in [5.41, 5.74) is 1.94. The highest BCUT2D eigenvalue weighted by Gasteiger charge is 2.81. The molecule has 5 rings (SSSR count). The second-order valence-electron chi connectivity index (χ2n) is 8.67. The number of carbonyl (C=O) groups is 2. The molecule has 2 unspecified atom stereocenters. The van der Waals surface area contributed by atoms with E-state index in [-0.39, 0.29) is 40.2 Å². The normalized spacial score (nSPS) is 45.0. The topological polar surface area (TPSA) is 58.6 Å². The van der Waals surface area contributed by atoms with E-state index in [1.807, 2.05) is 0 Å². The lowest BCUT2D eigenvalue weighted by Gasteiger charge is -2.64. The minimum atomic E-state index is -0.310. The minimum absolute atomic E-state index is 0.0622. The predicted octanol–water partition coefficient (Wildman–Crippen LogP) is 2.07.